The largest absolute Gasteiger partial charge is 0.460 e. The summed E-state index contributed by atoms with van der Waals surface area (Å²) < 4.78 is 45.9. The number of rotatable bonds is 5. The maximum Gasteiger partial charge on any atom is 0.324 e. The normalized spacial score (nSPS) is 20.3. The highest BCUT2D eigenvalue weighted by atomic mass is 32.2. The Kier molecular flexibility index (Phi) is 5.83. The Balaban J connectivity index is 1.81. The zero-order valence-electron chi connectivity index (χ0n) is 15.6. The van der Waals surface area contributed by atoms with Gasteiger partial charge in [-0.15, -0.1) is 0 Å². The van der Waals surface area contributed by atoms with Crippen molar-refractivity contribution in [2.75, 3.05) is 6.54 Å². The number of ether oxygens (including phenoxy) is 1. The summed E-state index contributed by atoms with van der Waals surface area (Å²) in [7, 11) is -4.00. The number of β-amino-alcohol motifs (C(OH)–C–C–N with tert-alkyl or cyclic N) is 1. The molecule has 1 N–H and O–H groups in total. The number of aliphatic hydroxyl groups excluding tert-OH is 1. The molecule has 1 aliphatic heterocycles. The van der Waals surface area contributed by atoms with Gasteiger partial charge in [0.15, 0.2) is 0 Å². The van der Waals surface area contributed by atoms with Gasteiger partial charge >= 0.3 is 5.97 Å². The molecule has 8 heteroatoms. The topological polar surface area (TPSA) is 83.9 Å². The van der Waals surface area contributed by atoms with Crippen molar-refractivity contribution in [2.24, 2.45) is 0 Å². The average Bonchev–Trinajstić information content (AvgIpc) is 3.05. The second-order valence-corrected chi connectivity index (χ2v) is 8.82. The molecule has 2 atom stereocenters. The summed E-state index contributed by atoms with van der Waals surface area (Å²) in [6, 6.07) is 9.41. The van der Waals surface area contributed by atoms with Crippen LogP contribution in [0.5, 0.6) is 0 Å². The first-order chi connectivity index (χ1) is 13.2. The number of hydrogen-bond acceptors (Lipinski definition) is 5. The van der Waals surface area contributed by atoms with Gasteiger partial charge in [0.2, 0.25) is 10.0 Å². The predicted octanol–water partition coefficient (Wildman–Crippen LogP) is 2.31. The number of esters is 1. The van der Waals surface area contributed by atoms with Crippen molar-refractivity contribution in [3.8, 4) is 0 Å². The first kappa shape index (κ1) is 20.4. The molecule has 1 saturated heterocycles. The first-order valence-electron chi connectivity index (χ1n) is 8.87. The maximum atomic E-state index is 13.7. The number of benzene rings is 2. The van der Waals surface area contributed by atoms with Gasteiger partial charge in [0, 0.05) is 18.5 Å². The van der Waals surface area contributed by atoms with Gasteiger partial charge in [-0.2, -0.15) is 4.31 Å². The van der Waals surface area contributed by atoms with Crippen molar-refractivity contribution < 1.29 is 27.4 Å². The van der Waals surface area contributed by atoms with E-state index >= 15 is 0 Å². The summed E-state index contributed by atoms with van der Waals surface area (Å²) in [6.45, 7) is 3.16. The minimum absolute atomic E-state index is 0.0524. The lowest BCUT2D eigenvalue weighted by Gasteiger charge is -2.23. The number of hydrogen-bond donors (Lipinski definition) is 1. The van der Waals surface area contributed by atoms with Crippen LogP contribution in [0.1, 0.15) is 23.1 Å². The second kappa shape index (κ2) is 7.98. The molecule has 0 aromatic heterocycles. The highest BCUT2D eigenvalue weighted by Gasteiger charge is 2.44. The van der Waals surface area contributed by atoms with Gasteiger partial charge in [-0.1, -0.05) is 24.3 Å². The van der Waals surface area contributed by atoms with Crippen LogP contribution in [0.3, 0.4) is 0 Å². The molecule has 0 amide bonds. The monoisotopic (exact) mass is 407 g/mol. The third kappa shape index (κ3) is 4.09. The standard InChI is InChI=1S/C20H22FNO5S/c1-13-7-8-17(9-14(13)2)28(25,26)22-11-16(23)10-19(22)20(24)27-12-15-5-3-4-6-18(15)21/h3-9,16,19,23H,10-12H2,1-2H3/t16?,19-/m0/s1. The third-order valence-corrected chi connectivity index (χ3v) is 6.79. The molecule has 0 spiro atoms. The van der Waals surface area contributed by atoms with Crippen LogP contribution < -0.4 is 0 Å². The Bertz CT molecular complexity index is 992. The van der Waals surface area contributed by atoms with Gasteiger partial charge in [0.25, 0.3) is 0 Å². The number of carbonyl (C=O) groups is 1. The lowest BCUT2D eigenvalue weighted by atomic mass is 10.1. The number of aryl methyl sites for hydroxylation is 2. The molecule has 2 aromatic carbocycles. The second-order valence-electron chi connectivity index (χ2n) is 6.93. The van der Waals surface area contributed by atoms with Crippen LogP contribution in [-0.4, -0.2) is 42.5 Å². The van der Waals surface area contributed by atoms with E-state index in [0.29, 0.717) is 0 Å². The van der Waals surface area contributed by atoms with Gasteiger partial charge in [-0.25, -0.2) is 12.8 Å². The van der Waals surface area contributed by atoms with E-state index in [1.54, 1.807) is 19.1 Å². The summed E-state index contributed by atoms with van der Waals surface area (Å²) >= 11 is 0. The minimum atomic E-state index is -4.00. The highest BCUT2D eigenvalue weighted by molar-refractivity contribution is 7.89. The number of carbonyl (C=O) groups excluding carboxylic acids is 1. The Morgan fingerprint density at radius 2 is 1.93 bits per heavy atom. The molecule has 0 saturated carbocycles. The van der Waals surface area contributed by atoms with Crippen LogP contribution in [-0.2, 0) is 26.2 Å². The molecule has 1 fully saturated rings. The Hall–Kier alpha value is -2.29. The highest BCUT2D eigenvalue weighted by Crippen LogP contribution is 2.28. The van der Waals surface area contributed by atoms with Crippen LogP contribution in [0.4, 0.5) is 4.39 Å². The van der Waals surface area contributed by atoms with E-state index < -0.39 is 34.0 Å². The van der Waals surface area contributed by atoms with Crippen LogP contribution in [0.2, 0.25) is 0 Å². The molecule has 3 rings (SSSR count). The first-order valence-corrected chi connectivity index (χ1v) is 10.3. The van der Waals surface area contributed by atoms with E-state index in [2.05, 4.69) is 0 Å². The molecule has 2 aromatic rings. The van der Waals surface area contributed by atoms with Crippen molar-refractivity contribution in [3.63, 3.8) is 0 Å². The maximum absolute atomic E-state index is 13.7. The summed E-state index contributed by atoms with van der Waals surface area (Å²) in [5.74, 6) is -1.33. The van der Waals surface area contributed by atoms with E-state index in [-0.39, 0.29) is 30.0 Å². The third-order valence-electron chi connectivity index (χ3n) is 4.92. The van der Waals surface area contributed by atoms with Crippen LogP contribution in [0, 0.1) is 19.7 Å². The molecular weight excluding hydrogens is 385 g/mol. The smallest absolute Gasteiger partial charge is 0.324 e. The zero-order chi connectivity index (χ0) is 20.5. The molecule has 150 valence electrons. The van der Waals surface area contributed by atoms with Crippen molar-refractivity contribution in [2.45, 2.75) is 43.9 Å². The molecule has 0 radical (unpaired) electrons. The van der Waals surface area contributed by atoms with E-state index in [9.17, 15) is 22.7 Å². The minimum Gasteiger partial charge on any atom is -0.460 e. The fourth-order valence-corrected chi connectivity index (χ4v) is 4.85. The molecule has 0 aliphatic carbocycles. The van der Waals surface area contributed by atoms with Crippen LogP contribution >= 0.6 is 0 Å². The molecular formula is C20H22FNO5S. The van der Waals surface area contributed by atoms with Crippen molar-refractivity contribution in [3.05, 3.63) is 65.0 Å². The molecule has 6 nitrogen and oxygen atoms in total. The average molecular weight is 407 g/mol. The summed E-state index contributed by atoms with van der Waals surface area (Å²) in [6.07, 6.45) is -1.05. The van der Waals surface area contributed by atoms with E-state index in [0.717, 1.165) is 15.4 Å². The molecule has 1 heterocycles. The van der Waals surface area contributed by atoms with Gasteiger partial charge < -0.3 is 9.84 Å². The van der Waals surface area contributed by atoms with Crippen LogP contribution in [0.25, 0.3) is 0 Å². The van der Waals surface area contributed by atoms with Crippen molar-refractivity contribution in [1.82, 2.24) is 4.31 Å². The van der Waals surface area contributed by atoms with Gasteiger partial charge in [0.05, 0.1) is 11.0 Å². The fraction of sp³-hybridized carbons (Fsp3) is 0.350. The van der Waals surface area contributed by atoms with Gasteiger partial charge in [-0.05, 0) is 43.2 Å². The zero-order valence-corrected chi connectivity index (χ0v) is 16.4. The molecule has 1 unspecified atom stereocenters. The molecule has 28 heavy (non-hydrogen) atoms. The molecule has 0 bridgehead atoms. The predicted molar refractivity (Wildman–Crippen MR) is 100 cm³/mol. The summed E-state index contributed by atoms with van der Waals surface area (Å²) in [5, 5.41) is 9.98. The molecule has 1 aliphatic rings. The number of aliphatic hydroxyl groups is 1. The van der Waals surface area contributed by atoms with Gasteiger partial charge in [-0.3, -0.25) is 4.79 Å². The van der Waals surface area contributed by atoms with Crippen molar-refractivity contribution in [1.29, 1.82) is 0 Å². The Labute approximate surface area is 163 Å². The summed E-state index contributed by atoms with van der Waals surface area (Å²) in [5.41, 5.74) is 1.94. The van der Waals surface area contributed by atoms with Crippen molar-refractivity contribution >= 4 is 16.0 Å². The Morgan fingerprint density at radius 3 is 2.61 bits per heavy atom. The quantitative estimate of drug-likeness (QED) is 0.769. The fourth-order valence-electron chi connectivity index (χ4n) is 3.13. The van der Waals surface area contributed by atoms with E-state index in [4.69, 9.17) is 4.74 Å². The number of halogens is 1. The lowest BCUT2D eigenvalue weighted by Crippen LogP contribution is -2.41. The number of sulfonamides is 1. The van der Waals surface area contributed by atoms with E-state index in [1.165, 1.54) is 30.3 Å². The van der Waals surface area contributed by atoms with E-state index in [1.807, 2.05) is 6.92 Å². The van der Waals surface area contributed by atoms with Gasteiger partial charge in [0.1, 0.15) is 18.5 Å². The SMILES string of the molecule is Cc1ccc(S(=O)(=O)N2CC(O)C[C@H]2C(=O)OCc2ccccc2F)cc1C. The lowest BCUT2D eigenvalue weighted by molar-refractivity contribution is -0.149. The van der Waals surface area contributed by atoms with Crippen LogP contribution in [0.15, 0.2) is 47.4 Å². The summed E-state index contributed by atoms with van der Waals surface area (Å²) in [4.78, 5) is 12.6. The Morgan fingerprint density at radius 1 is 1.21 bits per heavy atom. The number of nitrogens with zero attached hydrogens (tertiary/aromatic N) is 1.